The highest BCUT2D eigenvalue weighted by atomic mass is 16.6. The number of aryl methyl sites for hydroxylation is 2. The third-order valence-electron chi connectivity index (χ3n) is 7.10. The quantitative estimate of drug-likeness (QED) is 0.0900. The third kappa shape index (κ3) is 9.14. The molecule has 0 unspecified atom stereocenters. The molecule has 0 amide bonds. The number of carbonyl (C=O) groups is 2. The van der Waals surface area contributed by atoms with E-state index in [4.69, 9.17) is 18.9 Å². The predicted molar refractivity (Wildman–Crippen MR) is 161 cm³/mol. The molecule has 0 fully saturated rings. The van der Waals surface area contributed by atoms with E-state index in [1.807, 2.05) is 50.2 Å². The molecule has 40 heavy (non-hydrogen) atoms. The minimum absolute atomic E-state index is 0.174. The Hall–Kier alpha value is -3.28. The summed E-state index contributed by atoms with van der Waals surface area (Å²) < 4.78 is 23.2. The number of hydrogen-bond donors (Lipinski definition) is 0. The molecule has 0 aromatic heterocycles. The lowest BCUT2D eigenvalue weighted by Gasteiger charge is -2.19. The summed E-state index contributed by atoms with van der Waals surface area (Å²) in [4.78, 5) is 25.0. The van der Waals surface area contributed by atoms with Crippen molar-refractivity contribution in [2.45, 2.75) is 91.9 Å². The molecule has 0 radical (unpaired) electrons. The Morgan fingerprint density at radius 3 is 1.80 bits per heavy atom. The molecule has 0 saturated heterocycles. The fraction of sp³-hybridized carbons (Fsp3) is 0.529. The molecule has 0 heterocycles. The number of benzene rings is 3. The van der Waals surface area contributed by atoms with Crippen molar-refractivity contribution in [2.24, 2.45) is 0 Å². The van der Waals surface area contributed by atoms with Gasteiger partial charge in [0.05, 0.1) is 13.2 Å². The van der Waals surface area contributed by atoms with Gasteiger partial charge in [-0.1, -0.05) is 101 Å². The van der Waals surface area contributed by atoms with Gasteiger partial charge in [0.15, 0.2) is 13.2 Å². The fourth-order valence-electron chi connectivity index (χ4n) is 4.92. The average Bonchev–Trinajstić information content (AvgIpc) is 2.94. The molecular weight excluding hydrogens is 504 g/mol. The smallest absolute Gasteiger partial charge is 0.344 e. The maximum Gasteiger partial charge on any atom is 0.344 e. The summed E-state index contributed by atoms with van der Waals surface area (Å²) in [6.45, 7) is 8.84. The molecule has 6 nitrogen and oxygen atoms in total. The SMILES string of the molecule is CCCCCCCOC(=O)COc1c2cc(C)ccc2c(OCC(=O)OCCCCCCC)c2c(C)cccc12. The van der Waals surface area contributed by atoms with Crippen LogP contribution in [0.25, 0.3) is 21.5 Å². The monoisotopic (exact) mass is 550 g/mol. The zero-order valence-electron chi connectivity index (χ0n) is 24.8. The van der Waals surface area contributed by atoms with Crippen molar-refractivity contribution in [3.8, 4) is 11.5 Å². The second kappa shape index (κ2) is 16.7. The van der Waals surface area contributed by atoms with Crippen molar-refractivity contribution in [3.63, 3.8) is 0 Å². The molecule has 3 aromatic carbocycles. The van der Waals surface area contributed by atoms with Gasteiger partial charge in [-0.3, -0.25) is 0 Å². The Kier molecular flexibility index (Phi) is 13.1. The molecule has 0 N–H and O–H groups in total. The van der Waals surface area contributed by atoms with Crippen molar-refractivity contribution in [2.75, 3.05) is 26.4 Å². The van der Waals surface area contributed by atoms with Gasteiger partial charge in [-0.25, -0.2) is 9.59 Å². The summed E-state index contributed by atoms with van der Waals surface area (Å²) in [6.07, 6.45) is 10.9. The van der Waals surface area contributed by atoms with Crippen LogP contribution < -0.4 is 9.47 Å². The van der Waals surface area contributed by atoms with Crippen LogP contribution in [0.15, 0.2) is 36.4 Å². The Morgan fingerprint density at radius 2 is 1.20 bits per heavy atom. The van der Waals surface area contributed by atoms with Gasteiger partial charge in [0.1, 0.15) is 11.5 Å². The standard InChI is InChI=1S/C34H46O6/c1-5-7-9-11-13-20-37-30(35)23-39-33-28-17-15-16-26(4)32(28)34(27-19-18-25(3)22-29(27)33)40-24-31(36)38-21-14-12-10-8-6-2/h15-19,22H,5-14,20-21,23-24H2,1-4H3. The van der Waals surface area contributed by atoms with Crippen LogP contribution in [0, 0.1) is 13.8 Å². The summed E-state index contributed by atoms with van der Waals surface area (Å²) in [5.74, 6) is 0.467. The highest BCUT2D eigenvalue weighted by molar-refractivity contribution is 6.12. The fourth-order valence-corrected chi connectivity index (χ4v) is 4.92. The molecule has 0 aliphatic heterocycles. The molecular formula is C34H46O6. The topological polar surface area (TPSA) is 71.1 Å². The lowest BCUT2D eigenvalue weighted by molar-refractivity contribution is -0.147. The van der Waals surface area contributed by atoms with Gasteiger partial charge in [0.2, 0.25) is 0 Å². The Morgan fingerprint density at radius 1 is 0.625 bits per heavy atom. The molecule has 218 valence electrons. The van der Waals surface area contributed by atoms with Crippen molar-refractivity contribution in [1.29, 1.82) is 0 Å². The molecule has 6 heteroatoms. The van der Waals surface area contributed by atoms with E-state index in [-0.39, 0.29) is 25.2 Å². The first-order valence-electron chi connectivity index (χ1n) is 15.0. The lowest BCUT2D eigenvalue weighted by Crippen LogP contribution is -2.17. The number of esters is 2. The van der Waals surface area contributed by atoms with E-state index in [0.717, 1.165) is 71.2 Å². The van der Waals surface area contributed by atoms with E-state index in [9.17, 15) is 9.59 Å². The first kappa shape index (κ1) is 31.3. The van der Waals surface area contributed by atoms with Gasteiger partial charge < -0.3 is 18.9 Å². The first-order chi connectivity index (χ1) is 19.5. The second-order valence-corrected chi connectivity index (χ2v) is 10.6. The predicted octanol–water partition coefficient (Wildman–Crippen LogP) is 8.39. The van der Waals surface area contributed by atoms with Crippen molar-refractivity contribution in [3.05, 3.63) is 47.5 Å². The summed E-state index contributed by atoms with van der Waals surface area (Å²) in [6, 6.07) is 11.9. The zero-order valence-corrected chi connectivity index (χ0v) is 24.8. The maximum absolute atomic E-state index is 12.5. The van der Waals surface area contributed by atoms with Crippen LogP contribution in [0.2, 0.25) is 0 Å². The third-order valence-corrected chi connectivity index (χ3v) is 7.10. The van der Waals surface area contributed by atoms with Gasteiger partial charge in [0.25, 0.3) is 0 Å². The van der Waals surface area contributed by atoms with Gasteiger partial charge >= 0.3 is 11.9 Å². The second-order valence-electron chi connectivity index (χ2n) is 10.6. The number of carbonyl (C=O) groups excluding carboxylic acids is 2. The van der Waals surface area contributed by atoms with Crippen LogP contribution in [0.1, 0.15) is 89.2 Å². The Bertz CT molecular complexity index is 1240. The van der Waals surface area contributed by atoms with Crippen LogP contribution in [0.5, 0.6) is 11.5 Å². The summed E-state index contributed by atoms with van der Waals surface area (Å²) in [5.41, 5.74) is 2.03. The number of hydrogen-bond acceptors (Lipinski definition) is 6. The van der Waals surface area contributed by atoms with Gasteiger partial charge in [-0.05, 0) is 38.3 Å². The molecule has 0 saturated carbocycles. The molecule has 0 atom stereocenters. The van der Waals surface area contributed by atoms with E-state index in [1.165, 1.54) is 25.7 Å². The van der Waals surface area contributed by atoms with E-state index >= 15 is 0 Å². The summed E-state index contributed by atoms with van der Waals surface area (Å²) in [7, 11) is 0. The Balaban J connectivity index is 1.77. The molecule has 0 spiro atoms. The van der Waals surface area contributed by atoms with Crippen LogP contribution in [0.4, 0.5) is 0 Å². The van der Waals surface area contributed by atoms with E-state index < -0.39 is 0 Å². The summed E-state index contributed by atoms with van der Waals surface area (Å²) >= 11 is 0. The largest absolute Gasteiger partial charge is 0.481 e. The lowest BCUT2D eigenvalue weighted by atomic mass is 9.96. The minimum Gasteiger partial charge on any atom is -0.481 e. The van der Waals surface area contributed by atoms with Crippen molar-refractivity contribution in [1.82, 2.24) is 0 Å². The van der Waals surface area contributed by atoms with E-state index in [0.29, 0.717) is 24.7 Å². The van der Waals surface area contributed by atoms with Crippen molar-refractivity contribution >= 4 is 33.5 Å². The number of fused-ring (bicyclic) bond motifs is 2. The van der Waals surface area contributed by atoms with Crippen LogP contribution in [0.3, 0.4) is 0 Å². The van der Waals surface area contributed by atoms with Gasteiger partial charge in [-0.15, -0.1) is 0 Å². The Labute approximate surface area is 239 Å². The average molecular weight is 551 g/mol. The minimum atomic E-state index is -0.380. The van der Waals surface area contributed by atoms with Crippen LogP contribution in [-0.4, -0.2) is 38.4 Å². The number of rotatable bonds is 18. The van der Waals surface area contributed by atoms with Gasteiger partial charge in [-0.2, -0.15) is 0 Å². The molecule has 0 bridgehead atoms. The van der Waals surface area contributed by atoms with Crippen LogP contribution >= 0.6 is 0 Å². The van der Waals surface area contributed by atoms with E-state index in [1.54, 1.807) is 0 Å². The maximum atomic E-state index is 12.5. The normalized spacial score (nSPS) is 11.1. The highest BCUT2D eigenvalue weighted by Gasteiger charge is 2.20. The number of unbranched alkanes of at least 4 members (excludes halogenated alkanes) is 8. The van der Waals surface area contributed by atoms with Gasteiger partial charge in [0, 0.05) is 21.5 Å². The highest BCUT2D eigenvalue weighted by Crippen LogP contribution is 2.44. The zero-order chi connectivity index (χ0) is 28.7. The molecule has 3 aromatic rings. The summed E-state index contributed by atoms with van der Waals surface area (Å²) in [5, 5.41) is 3.32. The first-order valence-corrected chi connectivity index (χ1v) is 15.0. The van der Waals surface area contributed by atoms with Crippen LogP contribution in [-0.2, 0) is 19.1 Å². The molecule has 0 aliphatic rings. The van der Waals surface area contributed by atoms with Crippen molar-refractivity contribution < 1.29 is 28.5 Å². The van der Waals surface area contributed by atoms with E-state index in [2.05, 4.69) is 13.8 Å². The molecule has 0 aliphatic carbocycles. The molecule has 3 rings (SSSR count). The number of ether oxygens (including phenoxy) is 4.